The fourth-order valence-corrected chi connectivity index (χ4v) is 2.52. The Labute approximate surface area is 117 Å². The first kappa shape index (κ1) is 12.5. The Hall–Kier alpha value is -2.49. The van der Waals surface area contributed by atoms with Crippen molar-refractivity contribution in [2.24, 2.45) is 0 Å². The van der Waals surface area contributed by atoms with Gasteiger partial charge in [-0.15, -0.1) is 0 Å². The zero-order valence-corrected chi connectivity index (χ0v) is 11.2. The van der Waals surface area contributed by atoms with E-state index < -0.39 is 0 Å². The minimum atomic E-state index is -0.0139. The Balaban J connectivity index is 2.00. The van der Waals surface area contributed by atoms with Crippen molar-refractivity contribution in [3.63, 3.8) is 0 Å². The topological polar surface area (TPSA) is 41.6 Å². The fourth-order valence-electron chi connectivity index (χ4n) is 2.52. The van der Waals surface area contributed by atoms with Crippen molar-refractivity contribution >= 4 is 11.6 Å². The molecule has 1 heterocycles. The Morgan fingerprint density at radius 1 is 1.10 bits per heavy atom. The summed E-state index contributed by atoms with van der Waals surface area (Å²) in [4.78, 5) is 11.8. The van der Waals surface area contributed by atoms with E-state index in [4.69, 9.17) is 4.74 Å². The van der Waals surface area contributed by atoms with Gasteiger partial charge in [-0.05, 0) is 17.7 Å². The SMILES string of the molecule is COc1ccccc1N1NC(=O)CC1c1ccccc1. The van der Waals surface area contributed by atoms with E-state index in [1.165, 1.54) is 0 Å². The standard InChI is InChI=1S/C16H16N2O2/c1-20-15-10-6-5-9-13(15)18-14(11-16(19)17-18)12-7-3-2-4-8-12/h2-10,14H,11H2,1H3,(H,17,19). The van der Waals surface area contributed by atoms with Crippen LogP contribution >= 0.6 is 0 Å². The number of carbonyl (C=O) groups is 1. The van der Waals surface area contributed by atoms with E-state index in [1.54, 1.807) is 7.11 Å². The van der Waals surface area contributed by atoms with Crippen LogP contribution < -0.4 is 15.2 Å². The van der Waals surface area contributed by atoms with Crippen molar-refractivity contribution in [1.29, 1.82) is 0 Å². The third kappa shape index (κ3) is 2.20. The first-order valence-electron chi connectivity index (χ1n) is 6.56. The molecule has 1 N–H and O–H groups in total. The molecule has 3 rings (SSSR count). The lowest BCUT2D eigenvalue weighted by Crippen LogP contribution is -2.34. The van der Waals surface area contributed by atoms with Gasteiger partial charge in [-0.3, -0.25) is 15.2 Å². The summed E-state index contributed by atoms with van der Waals surface area (Å²) in [5.74, 6) is 0.764. The molecule has 1 fully saturated rings. The van der Waals surface area contributed by atoms with Crippen molar-refractivity contribution in [1.82, 2.24) is 5.43 Å². The molecule has 102 valence electrons. The van der Waals surface area contributed by atoms with Gasteiger partial charge in [0.25, 0.3) is 0 Å². The number of nitrogens with one attached hydrogen (secondary N) is 1. The van der Waals surface area contributed by atoms with E-state index in [-0.39, 0.29) is 11.9 Å². The van der Waals surface area contributed by atoms with Crippen LogP contribution in [0.25, 0.3) is 0 Å². The summed E-state index contributed by atoms with van der Waals surface area (Å²) in [6.07, 6.45) is 0.446. The predicted octanol–water partition coefficient (Wildman–Crippen LogP) is 2.68. The van der Waals surface area contributed by atoms with Gasteiger partial charge in [-0.25, -0.2) is 0 Å². The molecule has 2 aromatic rings. The molecule has 4 nitrogen and oxygen atoms in total. The molecule has 0 saturated carbocycles. The average Bonchev–Trinajstić information content (AvgIpc) is 2.90. The highest BCUT2D eigenvalue weighted by Gasteiger charge is 2.32. The van der Waals surface area contributed by atoms with Crippen molar-refractivity contribution < 1.29 is 9.53 Å². The molecule has 2 aromatic carbocycles. The van der Waals surface area contributed by atoms with Crippen LogP contribution in [0.1, 0.15) is 18.0 Å². The number of methoxy groups -OCH3 is 1. The number of ether oxygens (including phenoxy) is 1. The molecular formula is C16H16N2O2. The molecule has 0 aromatic heterocycles. The third-order valence-corrected chi connectivity index (χ3v) is 3.46. The minimum absolute atomic E-state index is 0.0139. The van der Waals surface area contributed by atoms with Gasteiger partial charge in [0.05, 0.1) is 25.3 Å². The normalized spacial score (nSPS) is 17.9. The maximum atomic E-state index is 11.8. The van der Waals surface area contributed by atoms with E-state index >= 15 is 0 Å². The molecule has 4 heteroatoms. The van der Waals surface area contributed by atoms with Gasteiger partial charge in [0.15, 0.2) is 0 Å². The molecule has 1 aliphatic heterocycles. The van der Waals surface area contributed by atoms with Crippen molar-refractivity contribution in [3.05, 3.63) is 60.2 Å². The Morgan fingerprint density at radius 3 is 2.55 bits per heavy atom. The molecule has 1 unspecified atom stereocenters. The molecule has 0 bridgehead atoms. The quantitative estimate of drug-likeness (QED) is 0.930. The van der Waals surface area contributed by atoms with E-state index in [1.807, 2.05) is 59.6 Å². The Morgan fingerprint density at radius 2 is 1.80 bits per heavy atom. The van der Waals surface area contributed by atoms with Gasteiger partial charge in [-0.2, -0.15) is 0 Å². The monoisotopic (exact) mass is 268 g/mol. The predicted molar refractivity (Wildman–Crippen MR) is 77.4 cm³/mol. The molecule has 1 aliphatic rings. The number of carbonyl (C=O) groups excluding carboxylic acids is 1. The van der Waals surface area contributed by atoms with E-state index in [9.17, 15) is 4.79 Å². The van der Waals surface area contributed by atoms with Gasteiger partial charge in [0.1, 0.15) is 5.75 Å². The smallest absolute Gasteiger partial charge is 0.241 e. The third-order valence-electron chi connectivity index (χ3n) is 3.46. The fraction of sp³-hybridized carbons (Fsp3) is 0.188. The van der Waals surface area contributed by atoms with Gasteiger partial charge in [0.2, 0.25) is 5.91 Å². The van der Waals surface area contributed by atoms with Crippen molar-refractivity contribution in [2.45, 2.75) is 12.5 Å². The summed E-state index contributed by atoms with van der Waals surface area (Å²) in [5, 5.41) is 1.89. The summed E-state index contributed by atoms with van der Waals surface area (Å²) in [6.45, 7) is 0. The lowest BCUT2D eigenvalue weighted by Gasteiger charge is -2.27. The van der Waals surface area contributed by atoms with Crippen LogP contribution in [0.15, 0.2) is 54.6 Å². The van der Waals surface area contributed by atoms with E-state index in [2.05, 4.69) is 5.43 Å². The van der Waals surface area contributed by atoms with E-state index in [0.29, 0.717) is 6.42 Å². The zero-order valence-electron chi connectivity index (χ0n) is 11.2. The number of nitrogens with zero attached hydrogens (tertiary/aromatic N) is 1. The zero-order chi connectivity index (χ0) is 13.9. The summed E-state index contributed by atoms with van der Waals surface area (Å²) in [6, 6.07) is 17.7. The van der Waals surface area contributed by atoms with Gasteiger partial charge in [0, 0.05) is 0 Å². The number of hydrogen-bond donors (Lipinski definition) is 1. The van der Waals surface area contributed by atoms with Crippen LogP contribution in [0.4, 0.5) is 5.69 Å². The van der Waals surface area contributed by atoms with Crippen LogP contribution in [0, 0.1) is 0 Å². The highest BCUT2D eigenvalue weighted by atomic mass is 16.5. The molecular weight excluding hydrogens is 252 g/mol. The van der Waals surface area contributed by atoms with Crippen LogP contribution in [0.3, 0.4) is 0 Å². The lowest BCUT2D eigenvalue weighted by molar-refractivity contribution is -0.119. The van der Waals surface area contributed by atoms with Crippen LogP contribution in [0.5, 0.6) is 5.75 Å². The second-order valence-corrected chi connectivity index (χ2v) is 4.71. The number of amides is 1. The van der Waals surface area contributed by atoms with Crippen LogP contribution in [0.2, 0.25) is 0 Å². The first-order chi connectivity index (χ1) is 9.79. The number of anilines is 1. The Kier molecular flexibility index (Phi) is 3.29. The van der Waals surface area contributed by atoms with Crippen molar-refractivity contribution in [2.75, 3.05) is 12.1 Å². The molecule has 1 atom stereocenters. The summed E-state index contributed by atoms with van der Waals surface area (Å²) in [7, 11) is 1.63. The molecule has 1 amide bonds. The maximum Gasteiger partial charge on any atom is 0.241 e. The molecule has 20 heavy (non-hydrogen) atoms. The minimum Gasteiger partial charge on any atom is -0.495 e. The summed E-state index contributed by atoms with van der Waals surface area (Å²) in [5.41, 5.74) is 4.89. The lowest BCUT2D eigenvalue weighted by atomic mass is 10.0. The van der Waals surface area contributed by atoms with Gasteiger partial charge >= 0.3 is 0 Å². The summed E-state index contributed by atoms with van der Waals surface area (Å²) < 4.78 is 5.38. The molecule has 1 saturated heterocycles. The number of para-hydroxylation sites is 2. The average molecular weight is 268 g/mol. The molecule has 0 aliphatic carbocycles. The van der Waals surface area contributed by atoms with Gasteiger partial charge < -0.3 is 4.74 Å². The second-order valence-electron chi connectivity index (χ2n) is 4.71. The second kappa shape index (κ2) is 5.25. The summed E-state index contributed by atoms with van der Waals surface area (Å²) >= 11 is 0. The highest BCUT2D eigenvalue weighted by molar-refractivity contribution is 5.84. The van der Waals surface area contributed by atoms with Crippen molar-refractivity contribution in [3.8, 4) is 5.75 Å². The number of hydrogen-bond acceptors (Lipinski definition) is 3. The maximum absolute atomic E-state index is 11.8. The van der Waals surface area contributed by atoms with Crippen LogP contribution in [-0.4, -0.2) is 13.0 Å². The van der Waals surface area contributed by atoms with Gasteiger partial charge in [-0.1, -0.05) is 42.5 Å². The number of hydrazine groups is 1. The largest absolute Gasteiger partial charge is 0.495 e. The Bertz CT molecular complexity index is 613. The van der Waals surface area contributed by atoms with Crippen LogP contribution in [-0.2, 0) is 4.79 Å². The number of rotatable bonds is 3. The highest BCUT2D eigenvalue weighted by Crippen LogP contribution is 2.36. The van der Waals surface area contributed by atoms with E-state index in [0.717, 1.165) is 17.0 Å². The molecule has 0 radical (unpaired) electrons. The molecule has 0 spiro atoms. The number of benzene rings is 2. The first-order valence-corrected chi connectivity index (χ1v) is 6.56.